The molecule has 2 bridgehead atoms. The highest BCUT2D eigenvalue weighted by Crippen LogP contribution is 2.59. The number of nitrogens with zero attached hydrogens (tertiary/aromatic N) is 1. The highest BCUT2D eigenvalue weighted by Gasteiger charge is 2.50. The molecule has 0 spiro atoms. The molecule has 132 valence electrons. The van der Waals surface area contributed by atoms with E-state index in [-0.39, 0.29) is 6.10 Å². The van der Waals surface area contributed by atoms with Crippen molar-refractivity contribution in [3.8, 4) is 0 Å². The first-order valence-electron chi connectivity index (χ1n) is 9.53. The molecular weight excluding hydrogens is 286 g/mol. The third-order valence-corrected chi connectivity index (χ3v) is 6.58. The summed E-state index contributed by atoms with van der Waals surface area (Å²) in [5.41, 5.74) is 1.94. The van der Waals surface area contributed by atoms with Gasteiger partial charge in [-0.25, -0.2) is 0 Å². The zero-order valence-corrected chi connectivity index (χ0v) is 15.4. The van der Waals surface area contributed by atoms with Crippen molar-refractivity contribution in [2.24, 2.45) is 29.1 Å². The van der Waals surface area contributed by atoms with Crippen molar-refractivity contribution >= 4 is 0 Å². The number of likely N-dealkylation sites (tertiary alicyclic amines) is 1. The number of hydrogen-bond acceptors (Lipinski definition) is 3. The molecule has 0 aromatic rings. The van der Waals surface area contributed by atoms with Crippen LogP contribution >= 0.6 is 0 Å². The Kier molecular flexibility index (Phi) is 5.20. The number of hydrogen-bond donors (Lipinski definition) is 1. The van der Waals surface area contributed by atoms with E-state index in [0.717, 1.165) is 37.4 Å². The summed E-state index contributed by atoms with van der Waals surface area (Å²) in [6.45, 7) is 13.6. The zero-order valence-electron chi connectivity index (χ0n) is 15.4. The Hall–Kier alpha value is -0.380. The number of allylic oxidation sites excluding steroid dienone is 1. The quantitative estimate of drug-likeness (QED) is 0.762. The molecule has 1 aliphatic heterocycles. The lowest BCUT2D eigenvalue weighted by molar-refractivity contribution is -0.0280. The Morgan fingerprint density at radius 3 is 2.57 bits per heavy atom. The molecule has 1 N–H and O–H groups in total. The summed E-state index contributed by atoms with van der Waals surface area (Å²) in [5, 5.41) is 10.3. The Bertz CT molecular complexity index is 435. The molecule has 3 aliphatic carbocycles. The maximum absolute atomic E-state index is 10.3. The number of aliphatic hydroxyl groups excluding tert-OH is 1. The average Bonchev–Trinajstić information content (AvgIpc) is 2.46. The van der Waals surface area contributed by atoms with E-state index in [4.69, 9.17) is 4.74 Å². The number of β-amino-alcohol motifs (C(OH)–C–C–N with tert-alkyl or cyclic N) is 1. The van der Waals surface area contributed by atoms with Gasteiger partial charge in [0.25, 0.3) is 0 Å². The van der Waals surface area contributed by atoms with Crippen molar-refractivity contribution in [1.29, 1.82) is 0 Å². The minimum absolute atomic E-state index is 0.362. The highest BCUT2D eigenvalue weighted by molar-refractivity contribution is 5.23. The van der Waals surface area contributed by atoms with Gasteiger partial charge in [-0.05, 0) is 53.9 Å². The zero-order chi connectivity index (χ0) is 16.6. The van der Waals surface area contributed by atoms with Crippen molar-refractivity contribution in [3.63, 3.8) is 0 Å². The molecule has 0 unspecified atom stereocenters. The molecule has 5 atom stereocenters. The van der Waals surface area contributed by atoms with E-state index in [9.17, 15) is 5.11 Å². The van der Waals surface area contributed by atoms with Crippen LogP contribution in [0.2, 0.25) is 0 Å². The van der Waals surface area contributed by atoms with Crippen molar-refractivity contribution in [2.75, 3.05) is 32.8 Å². The third-order valence-electron chi connectivity index (χ3n) is 6.58. The molecule has 0 aromatic carbocycles. The van der Waals surface area contributed by atoms with Gasteiger partial charge < -0.3 is 14.7 Å². The molecule has 0 aromatic heterocycles. The lowest BCUT2D eigenvalue weighted by Gasteiger charge is -2.56. The van der Waals surface area contributed by atoms with Crippen LogP contribution in [0.4, 0.5) is 0 Å². The van der Waals surface area contributed by atoms with Crippen molar-refractivity contribution < 1.29 is 9.84 Å². The van der Waals surface area contributed by atoms with E-state index in [0.29, 0.717) is 24.5 Å². The first-order chi connectivity index (χ1) is 10.9. The monoisotopic (exact) mass is 321 g/mol. The molecule has 1 heterocycles. The van der Waals surface area contributed by atoms with Gasteiger partial charge in [-0.3, -0.25) is 0 Å². The van der Waals surface area contributed by atoms with E-state index in [1.165, 1.54) is 24.8 Å². The maximum atomic E-state index is 10.3. The van der Waals surface area contributed by atoms with Crippen molar-refractivity contribution in [2.45, 2.75) is 53.1 Å². The molecule has 0 amide bonds. The van der Waals surface area contributed by atoms with Gasteiger partial charge in [0, 0.05) is 19.6 Å². The van der Waals surface area contributed by atoms with Crippen molar-refractivity contribution in [1.82, 2.24) is 4.90 Å². The summed E-state index contributed by atoms with van der Waals surface area (Å²) in [6, 6.07) is 0. The average molecular weight is 322 g/mol. The second-order valence-corrected chi connectivity index (χ2v) is 9.15. The fourth-order valence-electron chi connectivity index (χ4n) is 5.25. The summed E-state index contributed by atoms with van der Waals surface area (Å²) >= 11 is 0. The number of piperidine rings is 1. The second-order valence-electron chi connectivity index (χ2n) is 9.15. The van der Waals surface area contributed by atoms with Crippen LogP contribution in [-0.2, 0) is 4.74 Å². The number of aliphatic hydroxyl groups is 1. The van der Waals surface area contributed by atoms with Crippen LogP contribution in [0.15, 0.2) is 11.6 Å². The molecule has 23 heavy (non-hydrogen) atoms. The number of ether oxygens (including phenoxy) is 1. The molecular formula is C20H35NO2. The number of fused-ring (bicyclic) bond motifs is 1. The maximum Gasteiger partial charge on any atom is 0.0900 e. The normalized spacial score (nSPS) is 37.9. The molecule has 1 saturated heterocycles. The van der Waals surface area contributed by atoms with Gasteiger partial charge in [-0.2, -0.15) is 0 Å². The van der Waals surface area contributed by atoms with Crippen LogP contribution in [-0.4, -0.2) is 49.0 Å². The van der Waals surface area contributed by atoms with Crippen LogP contribution < -0.4 is 0 Å². The molecule has 2 fully saturated rings. The Morgan fingerprint density at radius 1 is 1.26 bits per heavy atom. The minimum Gasteiger partial charge on any atom is -0.389 e. The van der Waals surface area contributed by atoms with Crippen LogP contribution in [0.5, 0.6) is 0 Å². The standard InChI is InChI=1S/C20H35NO2/c1-14-7-15(2)10-21(9-14)11-18(22)13-23-12-16-5-6-17-8-19(16)20(17,3)4/h5,14-15,17-19,22H,6-13H2,1-4H3/t14-,15+,17-,18-,19+/m0/s1. The molecule has 3 nitrogen and oxygen atoms in total. The largest absolute Gasteiger partial charge is 0.389 e. The second kappa shape index (κ2) is 6.85. The minimum atomic E-state index is -0.362. The van der Waals surface area contributed by atoms with Crippen LogP contribution in [0, 0.1) is 29.1 Å². The van der Waals surface area contributed by atoms with E-state index in [1.54, 1.807) is 0 Å². The van der Waals surface area contributed by atoms with Crippen LogP contribution in [0.25, 0.3) is 0 Å². The van der Waals surface area contributed by atoms with Gasteiger partial charge in [-0.1, -0.05) is 33.8 Å². The number of rotatable bonds is 6. The van der Waals surface area contributed by atoms with Gasteiger partial charge in [0.15, 0.2) is 0 Å². The van der Waals surface area contributed by atoms with Crippen LogP contribution in [0.3, 0.4) is 0 Å². The van der Waals surface area contributed by atoms with Crippen LogP contribution in [0.1, 0.15) is 47.0 Å². The lowest BCUT2D eigenvalue weighted by Crippen LogP contribution is -2.48. The molecule has 1 saturated carbocycles. The van der Waals surface area contributed by atoms with Gasteiger partial charge in [0.2, 0.25) is 0 Å². The Labute approximate surface area is 142 Å². The predicted octanol–water partition coefficient (Wildman–Crippen LogP) is 3.33. The summed E-state index contributed by atoms with van der Waals surface area (Å²) in [6.07, 6.45) is 5.90. The summed E-state index contributed by atoms with van der Waals surface area (Å²) in [4.78, 5) is 2.41. The van der Waals surface area contributed by atoms with Gasteiger partial charge in [-0.15, -0.1) is 0 Å². The molecule has 4 rings (SSSR count). The van der Waals surface area contributed by atoms with E-state index < -0.39 is 0 Å². The summed E-state index contributed by atoms with van der Waals surface area (Å²) in [5.74, 6) is 3.08. The topological polar surface area (TPSA) is 32.7 Å². The summed E-state index contributed by atoms with van der Waals surface area (Å²) in [7, 11) is 0. The third kappa shape index (κ3) is 3.83. The first kappa shape index (κ1) is 17.4. The molecule has 4 aliphatic rings. The van der Waals surface area contributed by atoms with Gasteiger partial charge in [0.05, 0.1) is 19.3 Å². The lowest BCUT2D eigenvalue weighted by atomic mass is 9.49. The molecule has 3 heteroatoms. The van der Waals surface area contributed by atoms with E-state index in [1.807, 2.05) is 0 Å². The summed E-state index contributed by atoms with van der Waals surface area (Å²) < 4.78 is 5.87. The van der Waals surface area contributed by atoms with E-state index >= 15 is 0 Å². The van der Waals surface area contributed by atoms with Crippen molar-refractivity contribution in [3.05, 3.63) is 11.6 Å². The Balaban J connectivity index is 1.38. The van der Waals surface area contributed by atoms with Gasteiger partial charge >= 0.3 is 0 Å². The van der Waals surface area contributed by atoms with Gasteiger partial charge in [0.1, 0.15) is 0 Å². The smallest absolute Gasteiger partial charge is 0.0900 e. The first-order valence-corrected chi connectivity index (χ1v) is 9.53. The SMILES string of the molecule is C[C@@H]1C[C@H](C)CN(C[C@H](O)COCC2=CC[C@H]3C[C@H]2C3(C)C)C1. The predicted molar refractivity (Wildman–Crippen MR) is 94.3 cm³/mol. The fraction of sp³-hybridized carbons (Fsp3) is 0.900. The fourth-order valence-corrected chi connectivity index (χ4v) is 5.25. The van der Waals surface area contributed by atoms with E-state index in [2.05, 4.69) is 38.7 Å². The Morgan fingerprint density at radius 2 is 1.96 bits per heavy atom. The highest BCUT2D eigenvalue weighted by atomic mass is 16.5. The molecule has 0 radical (unpaired) electrons.